The summed E-state index contributed by atoms with van der Waals surface area (Å²) in [5.74, 6) is 3.30. The molecule has 3 fully saturated rings. The molecular formula is C24H33NO. The summed E-state index contributed by atoms with van der Waals surface area (Å²) in [5.41, 5.74) is 3.72. The van der Waals surface area contributed by atoms with Crippen LogP contribution in [0.4, 0.5) is 0 Å². The van der Waals surface area contributed by atoms with Crippen LogP contribution in [0.5, 0.6) is 0 Å². The standard InChI is InChI=1S/C24H33NO/c1-23-11-9-18(26)14-17(23)5-6-19-21-8-7-20(16-4-3-13-25-15-16)24(21,2)12-10-22(19)23/h3-4,7,13,15,17-19,21-22,26H,5-6,8-12,14H2,1-2H3/t17-,18+,19-,21-,22-,23-,24+/m0/s1. The van der Waals surface area contributed by atoms with Crippen LogP contribution in [0.1, 0.15) is 70.8 Å². The minimum atomic E-state index is -0.0381. The van der Waals surface area contributed by atoms with Gasteiger partial charge in [0.25, 0.3) is 0 Å². The predicted octanol–water partition coefficient (Wildman–Crippen LogP) is 5.48. The van der Waals surface area contributed by atoms with Crippen LogP contribution in [0.2, 0.25) is 0 Å². The van der Waals surface area contributed by atoms with Crippen LogP contribution >= 0.6 is 0 Å². The van der Waals surface area contributed by atoms with E-state index in [0.717, 1.165) is 36.5 Å². The van der Waals surface area contributed by atoms with Gasteiger partial charge in [0.05, 0.1) is 6.10 Å². The number of allylic oxidation sites excluding steroid dienone is 2. The molecule has 26 heavy (non-hydrogen) atoms. The van der Waals surface area contributed by atoms with Gasteiger partial charge in [0.1, 0.15) is 0 Å². The van der Waals surface area contributed by atoms with Gasteiger partial charge in [0.2, 0.25) is 0 Å². The van der Waals surface area contributed by atoms with Gasteiger partial charge in [0.15, 0.2) is 0 Å². The number of hydrogen-bond acceptors (Lipinski definition) is 2. The zero-order valence-corrected chi connectivity index (χ0v) is 16.3. The average molecular weight is 352 g/mol. The van der Waals surface area contributed by atoms with Crippen LogP contribution in [0.15, 0.2) is 30.6 Å². The Labute approximate surface area is 158 Å². The number of fused-ring (bicyclic) bond motifs is 5. The van der Waals surface area contributed by atoms with Crippen molar-refractivity contribution < 1.29 is 5.11 Å². The molecule has 1 N–H and O–H groups in total. The molecule has 0 radical (unpaired) electrons. The number of rotatable bonds is 1. The molecular weight excluding hydrogens is 318 g/mol. The molecule has 0 unspecified atom stereocenters. The van der Waals surface area contributed by atoms with Crippen molar-refractivity contribution >= 4 is 5.57 Å². The number of aliphatic hydroxyl groups excluding tert-OH is 1. The first-order valence-corrected chi connectivity index (χ1v) is 10.8. The van der Waals surface area contributed by atoms with Crippen LogP contribution in [-0.2, 0) is 0 Å². The molecule has 0 aliphatic heterocycles. The number of aromatic nitrogens is 1. The third-order valence-electron chi connectivity index (χ3n) is 9.19. The molecule has 3 saturated carbocycles. The summed E-state index contributed by atoms with van der Waals surface area (Å²) in [7, 11) is 0. The predicted molar refractivity (Wildman–Crippen MR) is 105 cm³/mol. The van der Waals surface area contributed by atoms with Crippen LogP contribution in [0, 0.1) is 34.5 Å². The van der Waals surface area contributed by atoms with Crippen molar-refractivity contribution in [3.63, 3.8) is 0 Å². The van der Waals surface area contributed by atoms with Crippen molar-refractivity contribution in [2.24, 2.45) is 34.5 Å². The fourth-order valence-corrected chi connectivity index (χ4v) is 7.77. The van der Waals surface area contributed by atoms with Crippen molar-refractivity contribution in [2.45, 2.75) is 71.3 Å². The highest BCUT2D eigenvalue weighted by molar-refractivity contribution is 5.72. The third kappa shape index (κ3) is 2.30. The lowest BCUT2D eigenvalue weighted by Gasteiger charge is -2.60. The summed E-state index contributed by atoms with van der Waals surface area (Å²) < 4.78 is 0. The number of pyridine rings is 1. The number of nitrogens with zero attached hydrogens (tertiary/aromatic N) is 1. The molecule has 4 aliphatic rings. The van der Waals surface area contributed by atoms with E-state index >= 15 is 0 Å². The summed E-state index contributed by atoms with van der Waals surface area (Å²) in [6, 6.07) is 4.33. The second-order valence-corrected chi connectivity index (χ2v) is 10.1. The smallest absolute Gasteiger partial charge is 0.0543 e. The highest BCUT2D eigenvalue weighted by Gasteiger charge is 2.58. The van der Waals surface area contributed by atoms with Crippen molar-refractivity contribution in [3.05, 3.63) is 36.2 Å². The first-order valence-electron chi connectivity index (χ1n) is 10.8. The maximum atomic E-state index is 10.2. The van der Waals surface area contributed by atoms with Crippen molar-refractivity contribution in [2.75, 3.05) is 0 Å². The Balaban J connectivity index is 1.44. The molecule has 4 aliphatic carbocycles. The second kappa shape index (κ2) is 5.92. The Morgan fingerprint density at radius 3 is 2.77 bits per heavy atom. The molecule has 0 bridgehead atoms. The Bertz CT molecular complexity index is 712. The molecule has 7 atom stereocenters. The molecule has 2 nitrogen and oxygen atoms in total. The molecule has 0 amide bonds. The van der Waals surface area contributed by atoms with Crippen LogP contribution in [-0.4, -0.2) is 16.2 Å². The lowest BCUT2D eigenvalue weighted by atomic mass is 9.44. The van der Waals surface area contributed by atoms with Gasteiger partial charge in [-0.25, -0.2) is 0 Å². The van der Waals surface area contributed by atoms with Gasteiger partial charge in [-0.3, -0.25) is 4.98 Å². The molecule has 0 aromatic carbocycles. The largest absolute Gasteiger partial charge is 0.393 e. The van der Waals surface area contributed by atoms with E-state index in [9.17, 15) is 5.11 Å². The van der Waals surface area contributed by atoms with E-state index in [0.29, 0.717) is 10.8 Å². The maximum Gasteiger partial charge on any atom is 0.0543 e. The van der Waals surface area contributed by atoms with Gasteiger partial charge >= 0.3 is 0 Å². The molecule has 0 spiro atoms. The number of hydrogen-bond donors (Lipinski definition) is 1. The van der Waals surface area contributed by atoms with Crippen LogP contribution in [0.25, 0.3) is 5.57 Å². The summed E-state index contributed by atoms with van der Waals surface area (Å²) in [6.45, 7) is 5.12. The zero-order valence-electron chi connectivity index (χ0n) is 16.3. The summed E-state index contributed by atoms with van der Waals surface area (Å²) in [5, 5.41) is 10.2. The van der Waals surface area contributed by atoms with Crippen LogP contribution in [0.3, 0.4) is 0 Å². The Hall–Kier alpha value is -1.15. The molecule has 5 rings (SSSR count). The lowest BCUT2D eigenvalue weighted by Crippen LogP contribution is -2.53. The Morgan fingerprint density at radius 1 is 1.08 bits per heavy atom. The van der Waals surface area contributed by atoms with E-state index in [1.807, 2.05) is 6.20 Å². The van der Waals surface area contributed by atoms with E-state index in [2.05, 4.69) is 43.2 Å². The summed E-state index contributed by atoms with van der Waals surface area (Å²) in [4.78, 5) is 4.39. The maximum absolute atomic E-state index is 10.2. The molecule has 2 heteroatoms. The normalized spacial score (nSPS) is 47.5. The average Bonchev–Trinajstić information content (AvgIpc) is 3.00. The molecule has 140 valence electrons. The highest BCUT2D eigenvalue weighted by Crippen LogP contribution is 2.67. The fraction of sp³-hybridized carbons (Fsp3) is 0.708. The van der Waals surface area contributed by atoms with E-state index in [4.69, 9.17) is 0 Å². The van der Waals surface area contributed by atoms with Crippen molar-refractivity contribution in [1.82, 2.24) is 4.98 Å². The quantitative estimate of drug-likeness (QED) is 0.727. The van der Waals surface area contributed by atoms with Gasteiger partial charge in [-0.2, -0.15) is 0 Å². The van der Waals surface area contributed by atoms with Gasteiger partial charge in [-0.05, 0) is 103 Å². The van der Waals surface area contributed by atoms with Crippen molar-refractivity contribution in [3.8, 4) is 0 Å². The lowest BCUT2D eigenvalue weighted by molar-refractivity contribution is -0.115. The van der Waals surface area contributed by atoms with Gasteiger partial charge in [0, 0.05) is 12.4 Å². The van der Waals surface area contributed by atoms with Gasteiger partial charge in [-0.15, -0.1) is 0 Å². The highest BCUT2D eigenvalue weighted by atomic mass is 16.3. The first-order chi connectivity index (χ1) is 12.5. The first kappa shape index (κ1) is 17.0. The van der Waals surface area contributed by atoms with E-state index in [-0.39, 0.29) is 6.10 Å². The summed E-state index contributed by atoms with van der Waals surface area (Å²) in [6.07, 6.45) is 16.4. The zero-order chi connectivity index (χ0) is 17.9. The van der Waals surface area contributed by atoms with Crippen molar-refractivity contribution in [1.29, 1.82) is 0 Å². The molecule has 0 saturated heterocycles. The Morgan fingerprint density at radius 2 is 1.96 bits per heavy atom. The second-order valence-electron chi connectivity index (χ2n) is 10.1. The van der Waals surface area contributed by atoms with Gasteiger partial charge < -0.3 is 5.11 Å². The SMILES string of the molecule is C[C@]12CC[C@@H](O)C[C@@H]1CC[C@@H]1[C@@H]2CC[C@]2(C)C(c3cccnc3)=CC[C@@H]12. The minimum absolute atomic E-state index is 0.0381. The van der Waals surface area contributed by atoms with Crippen LogP contribution < -0.4 is 0 Å². The van der Waals surface area contributed by atoms with E-state index < -0.39 is 0 Å². The molecule has 1 heterocycles. The monoisotopic (exact) mass is 351 g/mol. The van der Waals surface area contributed by atoms with E-state index in [1.54, 1.807) is 5.57 Å². The Kier molecular flexibility index (Phi) is 3.87. The van der Waals surface area contributed by atoms with E-state index in [1.165, 1.54) is 44.1 Å². The summed E-state index contributed by atoms with van der Waals surface area (Å²) >= 11 is 0. The third-order valence-corrected chi connectivity index (χ3v) is 9.19. The fourth-order valence-electron chi connectivity index (χ4n) is 7.77. The molecule has 1 aromatic heterocycles. The molecule has 1 aromatic rings. The topological polar surface area (TPSA) is 33.1 Å². The van der Waals surface area contributed by atoms with Gasteiger partial charge in [-0.1, -0.05) is 26.0 Å². The minimum Gasteiger partial charge on any atom is -0.393 e. The number of aliphatic hydroxyl groups is 1.